The van der Waals surface area contributed by atoms with Gasteiger partial charge in [-0.2, -0.15) is 0 Å². The van der Waals surface area contributed by atoms with Crippen LogP contribution in [0.3, 0.4) is 0 Å². The number of likely N-dealkylation sites (N-methyl/N-ethyl adjacent to an activating group) is 1. The van der Waals surface area contributed by atoms with Crippen LogP contribution < -0.4 is 0 Å². The predicted molar refractivity (Wildman–Crippen MR) is 108 cm³/mol. The molecule has 1 atom stereocenters. The first kappa shape index (κ1) is 16.7. The molecule has 3 nitrogen and oxygen atoms in total. The van der Waals surface area contributed by atoms with E-state index in [0.29, 0.717) is 6.42 Å². The number of benzene rings is 3. The van der Waals surface area contributed by atoms with E-state index in [-0.39, 0.29) is 11.9 Å². The van der Waals surface area contributed by atoms with Crippen LogP contribution in [0.15, 0.2) is 66.7 Å². The molecular weight excluding hydrogens is 340 g/mol. The van der Waals surface area contributed by atoms with Crippen molar-refractivity contribution in [3.8, 4) is 0 Å². The lowest BCUT2D eigenvalue weighted by Gasteiger charge is -2.23. The minimum Gasteiger partial charge on any atom is -0.336 e. The molecular formula is C22H20N2OS. The number of thiazole rings is 1. The zero-order valence-electron chi connectivity index (χ0n) is 14.8. The normalized spacial score (nSPS) is 12.4. The summed E-state index contributed by atoms with van der Waals surface area (Å²) in [5.41, 5.74) is 2.03. The highest BCUT2D eigenvalue weighted by atomic mass is 32.1. The fourth-order valence-electron chi connectivity index (χ4n) is 3.10. The van der Waals surface area contributed by atoms with E-state index >= 15 is 0 Å². The van der Waals surface area contributed by atoms with Gasteiger partial charge in [-0.25, -0.2) is 4.98 Å². The molecule has 0 fully saturated rings. The maximum atomic E-state index is 12.8. The zero-order chi connectivity index (χ0) is 18.1. The van der Waals surface area contributed by atoms with Crippen molar-refractivity contribution < 1.29 is 4.79 Å². The molecule has 0 N–H and O–H groups in total. The summed E-state index contributed by atoms with van der Waals surface area (Å²) in [5.74, 6) is 0.104. The summed E-state index contributed by atoms with van der Waals surface area (Å²) in [5, 5.41) is 3.33. The summed E-state index contributed by atoms with van der Waals surface area (Å²) in [4.78, 5) is 19.3. The molecule has 0 aliphatic heterocycles. The number of nitrogens with zero attached hydrogens (tertiary/aromatic N) is 2. The minimum absolute atomic E-state index is 0.0413. The lowest BCUT2D eigenvalue weighted by atomic mass is 10.0. The topological polar surface area (TPSA) is 33.2 Å². The molecule has 0 spiro atoms. The summed E-state index contributed by atoms with van der Waals surface area (Å²) < 4.78 is 1.16. The van der Waals surface area contributed by atoms with Gasteiger partial charge in [-0.1, -0.05) is 54.6 Å². The van der Waals surface area contributed by atoms with Crippen LogP contribution in [0.4, 0.5) is 0 Å². The fourth-order valence-corrected chi connectivity index (χ4v) is 4.16. The number of carbonyl (C=O) groups excluding carboxylic acids is 1. The Morgan fingerprint density at radius 2 is 1.77 bits per heavy atom. The summed E-state index contributed by atoms with van der Waals surface area (Å²) >= 11 is 1.65. The third kappa shape index (κ3) is 3.20. The Kier molecular flexibility index (Phi) is 4.43. The first-order valence-electron chi connectivity index (χ1n) is 8.70. The number of fused-ring (bicyclic) bond motifs is 2. The van der Waals surface area contributed by atoms with Gasteiger partial charge in [0, 0.05) is 7.05 Å². The quantitative estimate of drug-likeness (QED) is 0.500. The molecule has 4 rings (SSSR count). The molecule has 0 aliphatic carbocycles. The van der Waals surface area contributed by atoms with Crippen LogP contribution in [0.1, 0.15) is 23.5 Å². The Balaban J connectivity index is 1.52. The van der Waals surface area contributed by atoms with Crippen molar-refractivity contribution >= 4 is 38.2 Å². The maximum absolute atomic E-state index is 12.8. The van der Waals surface area contributed by atoms with E-state index in [1.807, 2.05) is 50.4 Å². The van der Waals surface area contributed by atoms with Crippen molar-refractivity contribution in [2.24, 2.45) is 0 Å². The highest BCUT2D eigenvalue weighted by Crippen LogP contribution is 2.29. The molecule has 1 heterocycles. The number of carbonyl (C=O) groups is 1. The van der Waals surface area contributed by atoms with Crippen LogP contribution in [-0.2, 0) is 11.2 Å². The first-order chi connectivity index (χ1) is 12.6. The van der Waals surface area contributed by atoms with E-state index in [4.69, 9.17) is 0 Å². The van der Waals surface area contributed by atoms with Gasteiger partial charge in [0.1, 0.15) is 5.01 Å². The molecule has 130 valence electrons. The Morgan fingerprint density at radius 1 is 1.04 bits per heavy atom. The summed E-state index contributed by atoms with van der Waals surface area (Å²) in [6, 6.07) is 22.5. The van der Waals surface area contributed by atoms with E-state index in [1.165, 1.54) is 10.8 Å². The van der Waals surface area contributed by atoms with Crippen LogP contribution in [0.25, 0.3) is 21.0 Å². The fraction of sp³-hybridized carbons (Fsp3) is 0.182. The molecule has 3 aromatic carbocycles. The van der Waals surface area contributed by atoms with Gasteiger partial charge >= 0.3 is 0 Å². The molecule has 0 aliphatic rings. The van der Waals surface area contributed by atoms with Gasteiger partial charge in [-0.15, -0.1) is 11.3 Å². The highest BCUT2D eigenvalue weighted by Gasteiger charge is 2.20. The van der Waals surface area contributed by atoms with Gasteiger partial charge in [-0.3, -0.25) is 4.79 Å². The molecule has 1 amide bonds. The average Bonchev–Trinajstić information content (AvgIpc) is 3.11. The monoisotopic (exact) mass is 360 g/mol. The van der Waals surface area contributed by atoms with Crippen molar-refractivity contribution in [3.05, 3.63) is 77.3 Å². The summed E-state index contributed by atoms with van der Waals surface area (Å²) in [7, 11) is 1.86. The van der Waals surface area contributed by atoms with Crippen LogP contribution in [0, 0.1) is 0 Å². The molecule has 1 aromatic heterocycles. The average molecular weight is 360 g/mol. The van der Waals surface area contributed by atoms with Crippen molar-refractivity contribution in [2.45, 2.75) is 19.4 Å². The molecule has 0 bridgehead atoms. The lowest BCUT2D eigenvalue weighted by molar-refractivity contribution is -0.131. The molecule has 0 unspecified atom stereocenters. The number of amides is 1. The summed E-state index contributed by atoms with van der Waals surface area (Å²) in [6.07, 6.45) is 0.399. The molecule has 0 radical (unpaired) electrons. The van der Waals surface area contributed by atoms with Gasteiger partial charge in [-0.05, 0) is 35.4 Å². The van der Waals surface area contributed by atoms with Crippen LogP contribution in [-0.4, -0.2) is 22.8 Å². The smallest absolute Gasteiger partial charge is 0.227 e. The van der Waals surface area contributed by atoms with Crippen molar-refractivity contribution in [1.29, 1.82) is 0 Å². The van der Waals surface area contributed by atoms with E-state index < -0.39 is 0 Å². The van der Waals surface area contributed by atoms with Gasteiger partial charge in [0.05, 0.1) is 22.7 Å². The van der Waals surface area contributed by atoms with Crippen LogP contribution in [0.5, 0.6) is 0 Å². The Labute approximate surface area is 156 Å². The summed E-state index contributed by atoms with van der Waals surface area (Å²) in [6.45, 7) is 2.04. The largest absolute Gasteiger partial charge is 0.336 e. The second-order valence-corrected chi connectivity index (χ2v) is 7.62. The van der Waals surface area contributed by atoms with Crippen molar-refractivity contribution in [2.75, 3.05) is 7.05 Å². The standard InChI is InChI=1S/C22H20N2OS/c1-15(22-23-19-9-5-6-10-20(19)26-22)24(2)21(25)14-16-11-12-17-7-3-4-8-18(17)13-16/h3-13,15H,14H2,1-2H3/t15-/m0/s1. The van der Waals surface area contributed by atoms with Crippen molar-refractivity contribution in [1.82, 2.24) is 9.88 Å². The number of rotatable bonds is 4. The van der Waals surface area contributed by atoms with Gasteiger partial charge < -0.3 is 4.90 Å². The van der Waals surface area contributed by atoms with Crippen LogP contribution in [0.2, 0.25) is 0 Å². The van der Waals surface area contributed by atoms with Crippen molar-refractivity contribution in [3.63, 3.8) is 0 Å². The molecule has 4 heteroatoms. The highest BCUT2D eigenvalue weighted by molar-refractivity contribution is 7.18. The molecule has 26 heavy (non-hydrogen) atoms. The molecule has 0 saturated carbocycles. The number of hydrogen-bond donors (Lipinski definition) is 0. The zero-order valence-corrected chi connectivity index (χ0v) is 15.7. The lowest BCUT2D eigenvalue weighted by Crippen LogP contribution is -2.30. The van der Waals surface area contributed by atoms with E-state index in [1.54, 1.807) is 16.2 Å². The Bertz CT molecular complexity index is 1050. The Morgan fingerprint density at radius 3 is 2.58 bits per heavy atom. The van der Waals surface area contributed by atoms with Gasteiger partial charge in [0.2, 0.25) is 5.91 Å². The third-order valence-corrected chi connectivity index (χ3v) is 6.02. The number of para-hydroxylation sites is 1. The second kappa shape index (κ2) is 6.89. The molecule has 0 saturated heterocycles. The van der Waals surface area contributed by atoms with E-state index in [0.717, 1.165) is 20.8 Å². The van der Waals surface area contributed by atoms with Gasteiger partial charge in [0.15, 0.2) is 0 Å². The third-order valence-electron chi connectivity index (χ3n) is 4.81. The number of hydrogen-bond acceptors (Lipinski definition) is 3. The maximum Gasteiger partial charge on any atom is 0.227 e. The number of aromatic nitrogens is 1. The van der Waals surface area contributed by atoms with Gasteiger partial charge in [0.25, 0.3) is 0 Å². The van der Waals surface area contributed by atoms with Crippen LogP contribution >= 0.6 is 11.3 Å². The SMILES string of the molecule is C[C@@H](c1nc2ccccc2s1)N(C)C(=O)Cc1ccc2ccccc2c1. The first-order valence-corrected chi connectivity index (χ1v) is 9.52. The molecule has 4 aromatic rings. The van der Waals surface area contributed by atoms with E-state index in [9.17, 15) is 4.79 Å². The second-order valence-electron chi connectivity index (χ2n) is 6.56. The predicted octanol–water partition coefficient (Wildman–Crippen LogP) is 5.21. The van der Waals surface area contributed by atoms with E-state index in [2.05, 4.69) is 35.3 Å². The minimum atomic E-state index is -0.0413. The Hall–Kier alpha value is -2.72.